The molecule has 0 aliphatic heterocycles. The molecule has 5 nitrogen and oxygen atoms in total. The van der Waals surface area contributed by atoms with Crippen molar-refractivity contribution in [1.29, 1.82) is 0 Å². The van der Waals surface area contributed by atoms with Gasteiger partial charge in [-0.05, 0) is 31.0 Å². The maximum absolute atomic E-state index is 12.3. The summed E-state index contributed by atoms with van der Waals surface area (Å²) in [5.74, 6) is 0.667. The molecular weight excluding hydrogens is 314 g/mol. The number of aryl methyl sites for hydroxylation is 1. The van der Waals surface area contributed by atoms with Gasteiger partial charge in [0.2, 0.25) is 0 Å². The molecule has 0 spiro atoms. The van der Waals surface area contributed by atoms with Crippen molar-refractivity contribution in [3.8, 4) is 17.0 Å². The van der Waals surface area contributed by atoms with Crippen molar-refractivity contribution >= 4 is 5.91 Å². The van der Waals surface area contributed by atoms with Crippen molar-refractivity contribution in [3.63, 3.8) is 0 Å². The summed E-state index contributed by atoms with van der Waals surface area (Å²) >= 11 is 0. The SMILES string of the molecule is COc1ccccc1CCNC(=O)c1cc(-c2ccc(C)cc2)n[nH]1. The Hall–Kier alpha value is -3.08. The fourth-order valence-electron chi connectivity index (χ4n) is 2.63. The van der Waals surface area contributed by atoms with E-state index >= 15 is 0 Å². The molecule has 0 fully saturated rings. The van der Waals surface area contributed by atoms with Crippen LogP contribution in [0.1, 0.15) is 21.6 Å². The van der Waals surface area contributed by atoms with Gasteiger partial charge in [-0.2, -0.15) is 5.10 Å². The van der Waals surface area contributed by atoms with Crippen LogP contribution in [-0.4, -0.2) is 29.8 Å². The van der Waals surface area contributed by atoms with E-state index in [2.05, 4.69) is 15.5 Å². The number of nitrogens with zero attached hydrogens (tertiary/aromatic N) is 1. The van der Waals surface area contributed by atoms with Crippen molar-refractivity contribution in [2.75, 3.05) is 13.7 Å². The monoisotopic (exact) mass is 335 g/mol. The van der Waals surface area contributed by atoms with Gasteiger partial charge >= 0.3 is 0 Å². The summed E-state index contributed by atoms with van der Waals surface area (Å²) in [7, 11) is 1.65. The first-order valence-corrected chi connectivity index (χ1v) is 8.20. The number of aromatic amines is 1. The van der Waals surface area contributed by atoms with E-state index in [0.29, 0.717) is 18.7 Å². The highest BCUT2D eigenvalue weighted by Crippen LogP contribution is 2.19. The minimum Gasteiger partial charge on any atom is -0.496 e. The molecule has 0 unspecified atom stereocenters. The van der Waals surface area contributed by atoms with E-state index in [4.69, 9.17) is 4.74 Å². The number of carbonyl (C=O) groups is 1. The van der Waals surface area contributed by atoms with E-state index in [0.717, 1.165) is 22.6 Å². The van der Waals surface area contributed by atoms with Crippen molar-refractivity contribution in [3.05, 3.63) is 71.4 Å². The van der Waals surface area contributed by atoms with Gasteiger partial charge in [0.05, 0.1) is 12.8 Å². The summed E-state index contributed by atoms with van der Waals surface area (Å²) in [6.45, 7) is 2.56. The van der Waals surface area contributed by atoms with E-state index in [9.17, 15) is 4.79 Å². The van der Waals surface area contributed by atoms with Gasteiger partial charge in [-0.3, -0.25) is 9.89 Å². The fraction of sp³-hybridized carbons (Fsp3) is 0.200. The molecule has 0 aliphatic carbocycles. The van der Waals surface area contributed by atoms with Crippen molar-refractivity contribution in [1.82, 2.24) is 15.5 Å². The van der Waals surface area contributed by atoms with Gasteiger partial charge in [0.15, 0.2) is 0 Å². The summed E-state index contributed by atoms with van der Waals surface area (Å²) in [6, 6.07) is 17.6. The van der Waals surface area contributed by atoms with Crippen molar-refractivity contribution in [2.45, 2.75) is 13.3 Å². The summed E-state index contributed by atoms with van der Waals surface area (Å²) < 4.78 is 5.32. The molecule has 0 saturated carbocycles. The highest BCUT2D eigenvalue weighted by atomic mass is 16.5. The number of amides is 1. The standard InChI is InChI=1S/C20H21N3O2/c1-14-7-9-15(10-8-14)17-13-18(23-22-17)20(24)21-12-11-16-5-3-4-6-19(16)25-2/h3-10,13H,11-12H2,1-2H3,(H,21,24)(H,22,23). The highest BCUT2D eigenvalue weighted by Gasteiger charge is 2.11. The molecule has 0 bridgehead atoms. The average Bonchev–Trinajstić information content (AvgIpc) is 3.13. The number of para-hydroxylation sites is 1. The van der Waals surface area contributed by atoms with Gasteiger partial charge in [0.25, 0.3) is 5.91 Å². The maximum atomic E-state index is 12.3. The molecule has 5 heteroatoms. The predicted octanol–water partition coefficient (Wildman–Crippen LogP) is 3.37. The molecule has 2 N–H and O–H groups in total. The van der Waals surface area contributed by atoms with E-state index in [1.807, 2.05) is 55.5 Å². The number of aromatic nitrogens is 2. The Morgan fingerprint density at radius 2 is 1.92 bits per heavy atom. The summed E-state index contributed by atoms with van der Waals surface area (Å²) in [4.78, 5) is 12.3. The fourth-order valence-corrected chi connectivity index (χ4v) is 2.63. The number of hydrogen-bond donors (Lipinski definition) is 2. The van der Waals surface area contributed by atoms with Crippen LogP contribution >= 0.6 is 0 Å². The van der Waals surface area contributed by atoms with Crippen molar-refractivity contribution < 1.29 is 9.53 Å². The van der Waals surface area contributed by atoms with E-state index in [1.165, 1.54) is 5.56 Å². The smallest absolute Gasteiger partial charge is 0.269 e. The largest absolute Gasteiger partial charge is 0.496 e. The average molecular weight is 335 g/mol. The van der Waals surface area contributed by atoms with Gasteiger partial charge in [-0.1, -0.05) is 48.0 Å². The number of methoxy groups -OCH3 is 1. The first kappa shape index (κ1) is 16.8. The van der Waals surface area contributed by atoms with E-state index in [-0.39, 0.29) is 5.91 Å². The Morgan fingerprint density at radius 3 is 2.68 bits per heavy atom. The predicted molar refractivity (Wildman–Crippen MR) is 97.8 cm³/mol. The van der Waals surface area contributed by atoms with Crippen LogP contribution < -0.4 is 10.1 Å². The third-order valence-corrected chi connectivity index (χ3v) is 4.04. The molecule has 0 radical (unpaired) electrons. The third-order valence-electron chi connectivity index (χ3n) is 4.04. The third kappa shape index (κ3) is 4.07. The first-order chi connectivity index (χ1) is 12.2. The Bertz CT molecular complexity index is 853. The van der Waals surface area contributed by atoms with Crippen LogP contribution in [0.25, 0.3) is 11.3 Å². The number of nitrogens with one attached hydrogen (secondary N) is 2. The van der Waals surface area contributed by atoms with Crippen LogP contribution in [0.15, 0.2) is 54.6 Å². The molecule has 2 aromatic carbocycles. The van der Waals surface area contributed by atoms with Crippen LogP contribution in [-0.2, 0) is 6.42 Å². The van der Waals surface area contributed by atoms with Gasteiger partial charge in [0, 0.05) is 12.1 Å². The molecule has 1 aromatic heterocycles. The van der Waals surface area contributed by atoms with Crippen LogP contribution in [0.5, 0.6) is 5.75 Å². The summed E-state index contributed by atoms with van der Waals surface area (Å²) in [6.07, 6.45) is 0.703. The summed E-state index contributed by atoms with van der Waals surface area (Å²) in [5.41, 5.74) is 4.45. The molecule has 3 rings (SSSR count). The topological polar surface area (TPSA) is 67.0 Å². The lowest BCUT2D eigenvalue weighted by atomic mass is 10.1. The Kier molecular flexibility index (Phi) is 5.14. The lowest BCUT2D eigenvalue weighted by molar-refractivity contribution is 0.0949. The van der Waals surface area contributed by atoms with E-state index in [1.54, 1.807) is 13.2 Å². The highest BCUT2D eigenvalue weighted by molar-refractivity contribution is 5.93. The lowest BCUT2D eigenvalue weighted by Gasteiger charge is -2.08. The minimum atomic E-state index is -0.166. The second kappa shape index (κ2) is 7.66. The van der Waals surface area contributed by atoms with Gasteiger partial charge in [-0.25, -0.2) is 0 Å². The number of hydrogen-bond acceptors (Lipinski definition) is 3. The normalized spacial score (nSPS) is 10.5. The molecule has 1 amide bonds. The minimum absolute atomic E-state index is 0.166. The molecule has 128 valence electrons. The van der Waals surface area contributed by atoms with Crippen LogP contribution in [0, 0.1) is 6.92 Å². The zero-order valence-corrected chi connectivity index (χ0v) is 14.4. The van der Waals surface area contributed by atoms with Crippen LogP contribution in [0.2, 0.25) is 0 Å². The number of H-pyrrole nitrogens is 1. The Labute approximate surface area is 147 Å². The molecule has 3 aromatic rings. The zero-order chi connectivity index (χ0) is 17.6. The second-order valence-corrected chi connectivity index (χ2v) is 5.85. The molecule has 0 atom stereocenters. The number of carbonyl (C=O) groups excluding carboxylic acids is 1. The Morgan fingerprint density at radius 1 is 1.16 bits per heavy atom. The van der Waals surface area contributed by atoms with Crippen molar-refractivity contribution in [2.24, 2.45) is 0 Å². The Balaban J connectivity index is 1.59. The van der Waals surface area contributed by atoms with E-state index < -0.39 is 0 Å². The van der Waals surface area contributed by atoms with Gasteiger partial charge in [0.1, 0.15) is 11.4 Å². The molecule has 0 aliphatic rings. The molecule has 0 saturated heterocycles. The zero-order valence-electron chi connectivity index (χ0n) is 14.4. The molecular formula is C20H21N3O2. The molecule has 1 heterocycles. The second-order valence-electron chi connectivity index (χ2n) is 5.85. The first-order valence-electron chi connectivity index (χ1n) is 8.20. The number of ether oxygens (including phenoxy) is 1. The number of rotatable bonds is 6. The summed E-state index contributed by atoms with van der Waals surface area (Å²) in [5, 5.41) is 9.94. The van der Waals surface area contributed by atoms with Crippen LogP contribution in [0.3, 0.4) is 0 Å². The van der Waals surface area contributed by atoms with Gasteiger partial charge in [-0.15, -0.1) is 0 Å². The van der Waals surface area contributed by atoms with Crippen LogP contribution in [0.4, 0.5) is 0 Å². The molecule has 25 heavy (non-hydrogen) atoms. The number of benzene rings is 2. The quantitative estimate of drug-likeness (QED) is 0.726. The maximum Gasteiger partial charge on any atom is 0.269 e. The lowest BCUT2D eigenvalue weighted by Crippen LogP contribution is -2.26. The van der Waals surface area contributed by atoms with Gasteiger partial charge < -0.3 is 10.1 Å².